The lowest BCUT2D eigenvalue weighted by atomic mass is 9.68. The lowest BCUT2D eigenvalue weighted by Crippen LogP contribution is -2.24. The van der Waals surface area contributed by atoms with Crippen molar-refractivity contribution in [2.24, 2.45) is 0 Å². The van der Waals surface area contributed by atoms with Gasteiger partial charge in [-0.05, 0) is 99.6 Å². The Bertz CT molecular complexity index is 1350. The van der Waals surface area contributed by atoms with Gasteiger partial charge in [0.25, 0.3) is 0 Å². The molecule has 0 radical (unpaired) electrons. The van der Waals surface area contributed by atoms with Crippen LogP contribution in [0.1, 0.15) is 183 Å². The van der Waals surface area contributed by atoms with Gasteiger partial charge in [-0.15, -0.1) is 0 Å². The number of hydrogen-bond acceptors (Lipinski definition) is 0. The fourth-order valence-corrected chi connectivity index (χ4v) is 6.72. The Morgan fingerprint density at radius 2 is 0.622 bits per heavy atom. The molecule has 0 unspecified atom stereocenters. The van der Waals surface area contributed by atoms with Gasteiger partial charge in [-0.2, -0.15) is 0 Å². The zero-order valence-electron chi connectivity index (χ0n) is 33.1. The first-order chi connectivity index (χ1) is 20.0. The molecular formula is C45H68. The second-order valence-electron chi connectivity index (χ2n) is 20.3. The molecule has 0 N–H and O–H groups in total. The zero-order chi connectivity index (χ0) is 34.9. The van der Waals surface area contributed by atoms with E-state index in [9.17, 15) is 0 Å². The van der Waals surface area contributed by atoms with Crippen LogP contribution in [0.15, 0.2) is 42.5 Å². The maximum absolute atomic E-state index is 2.53. The molecule has 0 aliphatic heterocycles. The molecule has 0 aromatic heterocycles. The molecule has 0 fully saturated rings. The van der Waals surface area contributed by atoms with E-state index in [1.807, 2.05) is 0 Å². The summed E-state index contributed by atoms with van der Waals surface area (Å²) in [6, 6.07) is 17.3. The third kappa shape index (κ3) is 7.80. The topological polar surface area (TPSA) is 0 Å². The van der Waals surface area contributed by atoms with E-state index < -0.39 is 0 Å². The Balaban J connectivity index is 2.71. The van der Waals surface area contributed by atoms with Crippen molar-refractivity contribution < 1.29 is 0 Å². The second kappa shape index (κ2) is 11.7. The van der Waals surface area contributed by atoms with Crippen LogP contribution in [-0.4, -0.2) is 0 Å². The Labute approximate surface area is 279 Å². The van der Waals surface area contributed by atoms with E-state index >= 15 is 0 Å². The van der Waals surface area contributed by atoms with Crippen molar-refractivity contribution in [3.63, 3.8) is 0 Å². The van der Waals surface area contributed by atoms with Crippen molar-refractivity contribution in [1.29, 1.82) is 0 Å². The summed E-state index contributed by atoms with van der Waals surface area (Å²) in [5, 5.41) is 0. The first-order valence-corrected chi connectivity index (χ1v) is 17.5. The van der Waals surface area contributed by atoms with Gasteiger partial charge in [0.2, 0.25) is 0 Å². The van der Waals surface area contributed by atoms with E-state index in [1.54, 1.807) is 0 Å². The average molecular weight is 609 g/mol. The summed E-state index contributed by atoms with van der Waals surface area (Å²) in [6.45, 7) is 47.6. The predicted molar refractivity (Wildman–Crippen MR) is 204 cm³/mol. The van der Waals surface area contributed by atoms with Crippen LogP contribution < -0.4 is 0 Å². The van der Waals surface area contributed by atoms with Crippen LogP contribution in [0.3, 0.4) is 0 Å². The van der Waals surface area contributed by atoms with E-state index in [1.165, 1.54) is 61.2 Å². The molecule has 0 heterocycles. The zero-order valence-corrected chi connectivity index (χ0v) is 33.1. The third-order valence-corrected chi connectivity index (χ3v) is 9.46. The molecule has 0 saturated carbocycles. The number of benzene rings is 3. The maximum Gasteiger partial charge on any atom is -0.0106 e. The van der Waals surface area contributed by atoms with Crippen LogP contribution >= 0.6 is 0 Å². The first kappa shape index (κ1) is 37.1. The molecule has 0 spiro atoms. The highest BCUT2D eigenvalue weighted by molar-refractivity contribution is 5.86. The van der Waals surface area contributed by atoms with Crippen LogP contribution in [0.2, 0.25) is 0 Å². The summed E-state index contributed by atoms with van der Waals surface area (Å²) in [4.78, 5) is 0. The van der Waals surface area contributed by atoms with E-state index in [-0.39, 0.29) is 32.5 Å². The number of hydrogen-bond donors (Lipinski definition) is 0. The summed E-state index contributed by atoms with van der Waals surface area (Å²) >= 11 is 0. The highest BCUT2D eigenvalue weighted by Crippen LogP contribution is 2.50. The molecule has 0 aliphatic carbocycles. The molecule has 3 aromatic carbocycles. The Hall–Kier alpha value is -2.34. The molecule has 0 heteroatoms. The van der Waals surface area contributed by atoms with Gasteiger partial charge in [-0.3, -0.25) is 0 Å². The van der Waals surface area contributed by atoms with Gasteiger partial charge in [-0.25, -0.2) is 0 Å². The van der Waals surface area contributed by atoms with Gasteiger partial charge in [0.05, 0.1) is 0 Å². The van der Waals surface area contributed by atoms with E-state index in [4.69, 9.17) is 0 Å². The van der Waals surface area contributed by atoms with E-state index in [0.717, 1.165) is 0 Å². The third-order valence-electron chi connectivity index (χ3n) is 9.46. The van der Waals surface area contributed by atoms with Gasteiger partial charge in [0, 0.05) is 0 Å². The molecular weight excluding hydrogens is 540 g/mol. The largest absolute Gasteiger partial charge is 0.0610 e. The molecule has 0 aliphatic rings. The average Bonchev–Trinajstić information content (AvgIpc) is 2.83. The second-order valence-corrected chi connectivity index (χ2v) is 20.3. The Morgan fingerprint density at radius 3 is 0.800 bits per heavy atom. The molecule has 248 valence electrons. The summed E-state index contributed by atoms with van der Waals surface area (Å²) in [5.74, 6) is 0.349. The van der Waals surface area contributed by atoms with Gasteiger partial charge < -0.3 is 0 Å². The van der Waals surface area contributed by atoms with Crippen LogP contribution in [-0.2, 0) is 32.5 Å². The fourth-order valence-electron chi connectivity index (χ4n) is 6.72. The van der Waals surface area contributed by atoms with Crippen LogP contribution in [0.5, 0.6) is 0 Å². The molecule has 0 amide bonds. The minimum absolute atomic E-state index is 0.0116. The molecule has 0 bridgehead atoms. The van der Waals surface area contributed by atoms with Crippen LogP contribution in [0.4, 0.5) is 0 Å². The van der Waals surface area contributed by atoms with Crippen LogP contribution in [0.25, 0.3) is 22.3 Å². The quantitative estimate of drug-likeness (QED) is 0.277. The predicted octanol–water partition coefficient (Wildman–Crippen LogP) is 13.9. The van der Waals surface area contributed by atoms with Gasteiger partial charge in [0.1, 0.15) is 0 Å². The van der Waals surface area contributed by atoms with Crippen molar-refractivity contribution in [1.82, 2.24) is 0 Å². The minimum atomic E-state index is -0.0116. The highest BCUT2D eigenvalue weighted by Gasteiger charge is 2.34. The summed E-state index contributed by atoms with van der Waals surface area (Å²) < 4.78 is 0. The summed E-state index contributed by atoms with van der Waals surface area (Å²) in [7, 11) is 0. The summed E-state index contributed by atoms with van der Waals surface area (Å²) in [6.07, 6.45) is 0. The molecule has 3 aromatic rings. The smallest absolute Gasteiger partial charge is 0.0106 e. The van der Waals surface area contributed by atoms with E-state index in [2.05, 4.69) is 181 Å². The van der Waals surface area contributed by atoms with Crippen molar-refractivity contribution in [3.05, 3.63) is 81.4 Å². The lowest BCUT2D eigenvalue weighted by molar-refractivity contribution is 0.550. The van der Waals surface area contributed by atoms with Gasteiger partial charge >= 0.3 is 0 Å². The normalized spacial score (nSPS) is 14.0. The van der Waals surface area contributed by atoms with Crippen LogP contribution in [0, 0.1) is 0 Å². The molecule has 0 atom stereocenters. The maximum atomic E-state index is 2.53. The Kier molecular flexibility index (Phi) is 9.67. The minimum Gasteiger partial charge on any atom is -0.0610 e. The molecule has 0 saturated heterocycles. The van der Waals surface area contributed by atoms with Crippen molar-refractivity contribution in [2.45, 2.75) is 177 Å². The molecule has 0 nitrogen and oxygen atoms in total. The van der Waals surface area contributed by atoms with Gasteiger partial charge in [0.15, 0.2) is 0 Å². The fraction of sp³-hybridized carbons (Fsp3) is 0.600. The highest BCUT2D eigenvalue weighted by atomic mass is 14.4. The van der Waals surface area contributed by atoms with Crippen molar-refractivity contribution in [3.8, 4) is 22.3 Å². The van der Waals surface area contributed by atoms with Gasteiger partial charge in [-0.1, -0.05) is 181 Å². The van der Waals surface area contributed by atoms with Crippen molar-refractivity contribution in [2.75, 3.05) is 0 Å². The summed E-state index contributed by atoms with van der Waals surface area (Å²) in [5.41, 5.74) is 15.9. The van der Waals surface area contributed by atoms with E-state index in [0.29, 0.717) is 5.92 Å². The molecule has 3 rings (SSSR count). The van der Waals surface area contributed by atoms with Crippen molar-refractivity contribution >= 4 is 0 Å². The SMILES string of the molecule is CC(C)c1c(-c2c(C(C)(C)C)cc(C(C)(C)C)cc2C(C)(C)C)cccc1-c1c(C(C)(C)C)cc(C(C)(C)C)cc1C(C)(C)C. The molecule has 45 heavy (non-hydrogen) atoms. The Morgan fingerprint density at radius 1 is 0.378 bits per heavy atom. The monoisotopic (exact) mass is 609 g/mol. The first-order valence-electron chi connectivity index (χ1n) is 17.5. The lowest BCUT2D eigenvalue weighted by Gasteiger charge is -2.36. The standard InChI is InChI=1S/C45H68/c1-28(2)37-31(38-33(42(9,10)11)24-29(40(3,4)5)25-34(38)43(12,13)14)22-21-23-32(37)39-35(44(15,16)17)26-30(41(6,7)8)27-36(39)45(18,19)20/h21-28H,1-20H3. The number of rotatable bonds is 3.